The molecule has 3 unspecified atom stereocenters. The van der Waals surface area contributed by atoms with Gasteiger partial charge in [0.15, 0.2) is 5.54 Å². The third-order valence-electron chi connectivity index (χ3n) is 5.13. The minimum absolute atomic E-state index is 0.0878. The number of hydrogen-bond donors (Lipinski definition) is 1. The number of esters is 1. The second-order valence-corrected chi connectivity index (χ2v) is 7.07. The average molecular weight is 385 g/mol. The Balaban J connectivity index is 1.77. The van der Waals surface area contributed by atoms with Gasteiger partial charge in [-0.2, -0.15) is 0 Å². The number of carbonyl (C=O) groups is 2. The Kier molecular flexibility index (Phi) is 5.68. The van der Waals surface area contributed by atoms with E-state index in [-0.39, 0.29) is 24.3 Å². The number of hydrogen-bond acceptors (Lipinski definition) is 4. The monoisotopic (exact) mass is 385 g/mol. The van der Waals surface area contributed by atoms with Crippen LogP contribution in [0.25, 0.3) is 0 Å². The minimum Gasteiger partial charge on any atom is -0.497 e. The quantitative estimate of drug-likeness (QED) is 0.741. The van der Waals surface area contributed by atoms with Crippen LogP contribution >= 0.6 is 0 Å². The highest BCUT2D eigenvalue weighted by Gasteiger charge is 2.48. The fraction of sp³-hybridized carbons (Fsp3) is 0.364. The molecule has 2 aromatic carbocycles. The first-order valence-corrected chi connectivity index (χ1v) is 9.28. The zero-order valence-electron chi connectivity index (χ0n) is 16.2. The van der Waals surface area contributed by atoms with E-state index in [9.17, 15) is 14.0 Å². The summed E-state index contributed by atoms with van der Waals surface area (Å²) in [5.74, 6) is -0.743. The summed E-state index contributed by atoms with van der Waals surface area (Å²) in [5.41, 5.74) is -0.0621. The summed E-state index contributed by atoms with van der Waals surface area (Å²) in [7, 11) is 1.60. The van der Waals surface area contributed by atoms with Crippen molar-refractivity contribution in [3.63, 3.8) is 0 Å². The van der Waals surface area contributed by atoms with Crippen molar-refractivity contribution in [1.29, 1.82) is 0 Å². The number of halogens is 1. The molecule has 1 fully saturated rings. The first-order chi connectivity index (χ1) is 13.4. The van der Waals surface area contributed by atoms with Gasteiger partial charge < -0.3 is 14.8 Å². The molecule has 3 rings (SSSR count). The zero-order chi connectivity index (χ0) is 20.3. The summed E-state index contributed by atoms with van der Waals surface area (Å²) < 4.78 is 24.0. The predicted octanol–water partition coefficient (Wildman–Crippen LogP) is 3.53. The molecule has 1 amide bonds. The van der Waals surface area contributed by atoms with Gasteiger partial charge in [-0.15, -0.1) is 0 Å². The van der Waals surface area contributed by atoms with E-state index in [1.807, 2.05) is 24.3 Å². The molecule has 0 saturated heterocycles. The maximum absolute atomic E-state index is 13.7. The molecule has 2 aromatic rings. The maximum Gasteiger partial charge on any atom is 0.336 e. The van der Waals surface area contributed by atoms with Crippen molar-refractivity contribution < 1.29 is 23.5 Å². The molecule has 0 bridgehead atoms. The van der Waals surface area contributed by atoms with Gasteiger partial charge >= 0.3 is 5.97 Å². The fourth-order valence-electron chi connectivity index (χ4n) is 3.36. The van der Waals surface area contributed by atoms with Crippen molar-refractivity contribution in [2.45, 2.75) is 31.7 Å². The Labute approximate surface area is 163 Å². The summed E-state index contributed by atoms with van der Waals surface area (Å²) >= 11 is 0. The topological polar surface area (TPSA) is 64.6 Å². The number of benzene rings is 2. The highest BCUT2D eigenvalue weighted by atomic mass is 19.1. The van der Waals surface area contributed by atoms with Gasteiger partial charge in [-0.1, -0.05) is 24.3 Å². The highest BCUT2D eigenvalue weighted by molar-refractivity contribution is 5.91. The molecular formula is C22H24FNO4. The zero-order valence-corrected chi connectivity index (χ0v) is 16.2. The molecule has 5 nitrogen and oxygen atoms in total. The average Bonchev–Trinajstić information content (AvgIpc) is 3.49. The van der Waals surface area contributed by atoms with Crippen molar-refractivity contribution in [2.75, 3.05) is 13.7 Å². The molecule has 28 heavy (non-hydrogen) atoms. The van der Waals surface area contributed by atoms with E-state index in [4.69, 9.17) is 9.47 Å². The maximum atomic E-state index is 13.7. The van der Waals surface area contributed by atoms with Gasteiger partial charge in [0.25, 0.3) is 0 Å². The van der Waals surface area contributed by atoms with Gasteiger partial charge in [-0.25, -0.2) is 9.18 Å². The van der Waals surface area contributed by atoms with Crippen LogP contribution in [0.15, 0.2) is 48.5 Å². The summed E-state index contributed by atoms with van der Waals surface area (Å²) in [4.78, 5) is 25.5. The van der Waals surface area contributed by atoms with Crippen LogP contribution in [0.2, 0.25) is 0 Å². The first-order valence-electron chi connectivity index (χ1n) is 9.28. The molecule has 6 heteroatoms. The van der Waals surface area contributed by atoms with Gasteiger partial charge in [-0.05, 0) is 61.6 Å². The lowest BCUT2D eigenvalue weighted by Gasteiger charge is -2.29. The van der Waals surface area contributed by atoms with Crippen molar-refractivity contribution in [3.05, 3.63) is 65.5 Å². The fourth-order valence-corrected chi connectivity index (χ4v) is 3.36. The van der Waals surface area contributed by atoms with Gasteiger partial charge in [-0.3, -0.25) is 4.79 Å². The number of amides is 1. The normalized spacial score (nSPS) is 20.0. The highest BCUT2D eigenvalue weighted by Crippen LogP contribution is 2.48. The van der Waals surface area contributed by atoms with E-state index in [1.165, 1.54) is 18.2 Å². The van der Waals surface area contributed by atoms with E-state index >= 15 is 0 Å². The molecule has 0 spiro atoms. The lowest BCUT2D eigenvalue weighted by Crippen LogP contribution is -2.51. The Morgan fingerprint density at radius 3 is 2.54 bits per heavy atom. The SMILES string of the molecule is CCOC(=O)C(C)(NC(=O)C1CC1c1ccc(OC)cc1)c1cccc(F)c1. The Morgan fingerprint density at radius 2 is 1.93 bits per heavy atom. The van der Waals surface area contributed by atoms with E-state index in [1.54, 1.807) is 27.0 Å². The van der Waals surface area contributed by atoms with Gasteiger partial charge in [0.1, 0.15) is 11.6 Å². The number of carbonyl (C=O) groups excluding carboxylic acids is 2. The number of ether oxygens (including phenoxy) is 2. The molecule has 148 valence electrons. The summed E-state index contributed by atoms with van der Waals surface area (Å²) in [6, 6.07) is 13.2. The Bertz CT molecular complexity index is 867. The van der Waals surface area contributed by atoms with Gasteiger partial charge in [0.2, 0.25) is 5.91 Å². The molecule has 0 radical (unpaired) electrons. The third-order valence-corrected chi connectivity index (χ3v) is 5.13. The molecule has 0 aromatic heterocycles. The van der Waals surface area contributed by atoms with Gasteiger partial charge in [0, 0.05) is 5.92 Å². The lowest BCUT2D eigenvalue weighted by atomic mass is 9.91. The summed E-state index contributed by atoms with van der Waals surface area (Å²) in [6.07, 6.45) is 0.695. The summed E-state index contributed by atoms with van der Waals surface area (Å²) in [5, 5.41) is 2.80. The number of rotatable bonds is 7. The molecule has 0 aliphatic heterocycles. The van der Waals surface area contributed by atoms with Crippen LogP contribution in [0.3, 0.4) is 0 Å². The van der Waals surface area contributed by atoms with Crippen molar-refractivity contribution >= 4 is 11.9 Å². The van der Waals surface area contributed by atoms with Crippen LogP contribution in [0.1, 0.15) is 37.3 Å². The first kappa shape index (κ1) is 19.9. The van der Waals surface area contributed by atoms with E-state index in [0.717, 1.165) is 11.3 Å². The van der Waals surface area contributed by atoms with E-state index in [0.29, 0.717) is 12.0 Å². The molecule has 1 aliphatic rings. The van der Waals surface area contributed by atoms with Crippen LogP contribution in [-0.4, -0.2) is 25.6 Å². The van der Waals surface area contributed by atoms with Crippen molar-refractivity contribution in [2.24, 2.45) is 5.92 Å². The number of methoxy groups -OCH3 is 1. The second kappa shape index (κ2) is 8.00. The van der Waals surface area contributed by atoms with Crippen molar-refractivity contribution in [3.8, 4) is 5.75 Å². The van der Waals surface area contributed by atoms with E-state index < -0.39 is 17.3 Å². The second-order valence-electron chi connectivity index (χ2n) is 7.07. The molecular weight excluding hydrogens is 361 g/mol. The van der Waals surface area contributed by atoms with Crippen LogP contribution in [0.5, 0.6) is 5.75 Å². The Morgan fingerprint density at radius 1 is 1.21 bits per heavy atom. The van der Waals surface area contributed by atoms with Crippen LogP contribution in [0.4, 0.5) is 4.39 Å². The molecule has 1 N–H and O–H groups in total. The standard InChI is InChI=1S/C22H24FNO4/c1-4-28-21(26)22(2,15-6-5-7-16(23)12-15)24-20(25)19-13-18(19)14-8-10-17(27-3)11-9-14/h5-12,18-19H,4,13H2,1-3H3,(H,24,25). The van der Waals surface area contributed by atoms with Gasteiger partial charge in [0.05, 0.1) is 13.7 Å². The lowest BCUT2D eigenvalue weighted by molar-refractivity contribution is -0.153. The van der Waals surface area contributed by atoms with Crippen LogP contribution < -0.4 is 10.1 Å². The van der Waals surface area contributed by atoms with E-state index in [2.05, 4.69) is 5.32 Å². The summed E-state index contributed by atoms with van der Waals surface area (Å²) in [6.45, 7) is 3.40. The minimum atomic E-state index is -1.46. The molecule has 0 heterocycles. The van der Waals surface area contributed by atoms with Crippen LogP contribution in [0, 0.1) is 11.7 Å². The largest absolute Gasteiger partial charge is 0.497 e. The van der Waals surface area contributed by atoms with Crippen LogP contribution in [-0.2, 0) is 19.9 Å². The number of nitrogens with one attached hydrogen (secondary N) is 1. The molecule has 3 atom stereocenters. The van der Waals surface area contributed by atoms with Crippen molar-refractivity contribution in [1.82, 2.24) is 5.32 Å². The third kappa shape index (κ3) is 4.01. The predicted molar refractivity (Wildman–Crippen MR) is 102 cm³/mol. The smallest absolute Gasteiger partial charge is 0.336 e. The molecule has 1 aliphatic carbocycles. The molecule has 1 saturated carbocycles. The Hall–Kier alpha value is -2.89.